The highest BCUT2D eigenvalue weighted by Gasteiger charge is 2.25. The van der Waals surface area contributed by atoms with Crippen LogP contribution in [0, 0.1) is 0 Å². The molecule has 2 rings (SSSR count). The third-order valence-electron chi connectivity index (χ3n) is 3.27. The van der Waals surface area contributed by atoms with Gasteiger partial charge in [0.25, 0.3) is 0 Å². The largest absolute Gasteiger partial charge is 0.339 e. The van der Waals surface area contributed by atoms with Crippen molar-refractivity contribution in [3.05, 3.63) is 0 Å². The Balaban J connectivity index is 0.00000162. The lowest BCUT2D eigenvalue weighted by Gasteiger charge is -2.31. The number of hydrogen-bond acceptors (Lipinski definition) is 5. The number of nitrogens with one attached hydrogen (secondary N) is 1. The van der Waals surface area contributed by atoms with E-state index in [0.717, 1.165) is 26.2 Å². The first-order chi connectivity index (χ1) is 8.07. The average Bonchev–Trinajstić information content (AvgIpc) is 2.33. The van der Waals surface area contributed by atoms with Gasteiger partial charge in [0.05, 0.1) is 18.1 Å². The summed E-state index contributed by atoms with van der Waals surface area (Å²) in [4.78, 5) is 15.7. The van der Waals surface area contributed by atoms with Crippen molar-refractivity contribution < 1.29 is 13.2 Å². The van der Waals surface area contributed by atoms with Gasteiger partial charge in [0, 0.05) is 39.3 Å². The second-order valence-corrected chi connectivity index (χ2v) is 6.86. The summed E-state index contributed by atoms with van der Waals surface area (Å²) in [7, 11) is -2.85. The van der Waals surface area contributed by atoms with Gasteiger partial charge in [0.1, 0.15) is 0 Å². The molecule has 6 nitrogen and oxygen atoms in total. The molecule has 0 aromatic heterocycles. The molecule has 2 fully saturated rings. The van der Waals surface area contributed by atoms with Gasteiger partial charge in [-0.1, -0.05) is 0 Å². The lowest BCUT2D eigenvalue weighted by atomic mass is 10.3. The van der Waals surface area contributed by atoms with Crippen LogP contribution >= 0.6 is 24.8 Å². The molecular formula is C10H21Cl2N3O3S. The molecule has 2 heterocycles. The number of amides is 1. The first kappa shape index (κ1) is 18.9. The zero-order chi connectivity index (χ0) is 12.3. The van der Waals surface area contributed by atoms with Gasteiger partial charge in [0.2, 0.25) is 5.91 Å². The molecule has 19 heavy (non-hydrogen) atoms. The summed E-state index contributed by atoms with van der Waals surface area (Å²) >= 11 is 0. The Morgan fingerprint density at radius 1 is 1.00 bits per heavy atom. The SMILES string of the molecule is Cl.Cl.O=C(CN1CCS(=O)(=O)CC1)N1CCNCC1. The lowest BCUT2D eigenvalue weighted by Crippen LogP contribution is -2.51. The fourth-order valence-electron chi connectivity index (χ4n) is 2.11. The number of nitrogens with zero attached hydrogens (tertiary/aromatic N) is 2. The van der Waals surface area contributed by atoms with E-state index in [1.165, 1.54) is 0 Å². The molecule has 0 spiro atoms. The molecule has 0 aromatic carbocycles. The van der Waals surface area contributed by atoms with E-state index in [4.69, 9.17) is 0 Å². The number of rotatable bonds is 2. The van der Waals surface area contributed by atoms with E-state index in [1.807, 2.05) is 9.80 Å². The lowest BCUT2D eigenvalue weighted by molar-refractivity contribution is -0.132. The Hall–Kier alpha value is -0.0800. The Morgan fingerprint density at radius 3 is 2.05 bits per heavy atom. The van der Waals surface area contributed by atoms with Crippen LogP contribution in [0.1, 0.15) is 0 Å². The summed E-state index contributed by atoms with van der Waals surface area (Å²) in [5.41, 5.74) is 0. The second-order valence-electron chi connectivity index (χ2n) is 4.56. The van der Waals surface area contributed by atoms with Crippen molar-refractivity contribution >= 4 is 40.6 Å². The number of hydrogen-bond donors (Lipinski definition) is 1. The van der Waals surface area contributed by atoms with Gasteiger partial charge >= 0.3 is 0 Å². The average molecular weight is 334 g/mol. The summed E-state index contributed by atoms with van der Waals surface area (Å²) in [6.07, 6.45) is 0. The topological polar surface area (TPSA) is 69.7 Å². The van der Waals surface area contributed by atoms with Crippen molar-refractivity contribution in [3.63, 3.8) is 0 Å². The third kappa shape index (κ3) is 5.83. The fraction of sp³-hybridized carbons (Fsp3) is 0.900. The second kappa shape index (κ2) is 8.26. The summed E-state index contributed by atoms with van der Waals surface area (Å²) in [6.45, 7) is 4.53. The minimum atomic E-state index is -2.85. The maximum absolute atomic E-state index is 11.9. The Bertz CT molecular complexity index is 371. The van der Waals surface area contributed by atoms with Crippen LogP contribution < -0.4 is 5.32 Å². The van der Waals surface area contributed by atoms with Gasteiger partial charge < -0.3 is 10.2 Å². The predicted octanol–water partition coefficient (Wildman–Crippen LogP) is -1.01. The maximum atomic E-state index is 11.9. The van der Waals surface area contributed by atoms with Gasteiger partial charge in [-0.25, -0.2) is 8.42 Å². The molecule has 0 unspecified atom stereocenters. The molecule has 2 saturated heterocycles. The fourth-order valence-corrected chi connectivity index (χ4v) is 3.39. The molecule has 1 amide bonds. The summed E-state index contributed by atoms with van der Waals surface area (Å²) in [6, 6.07) is 0. The van der Waals surface area contributed by atoms with E-state index in [0.29, 0.717) is 19.6 Å². The quantitative estimate of drug-likeness (QED) is 0.701. The number of carbonyl (C=O) groups excluding carboxylic acids is 1. The number of sulfone groups is 1. The molecule has 0 radical (unpaired) electrons. The van der Waals surface area contributed by atoms with Crippen LogP contribution in [0.4, 0.5) is 0 Å². The number of halogens is 2. The van der Waals surface area contributed by atoms with E-state index in [1.54, 1.807) is 0 Å². The van der Waals surface area contributed by atoms with Crippen molar-refractivity contribution in [2.24, 2.45) is 0 Å². The van der Waals surface area contributed by atoms with Crippen LogP contribution in [0.25, 0.3) is 0 Å². The molecule has 2 aliphatic heterocycles. The van der Waals surface area contributed by atoms with Gasteiger partial charge in [-0.3, -0.25) is 9.69 Å². The Morgan fingerprint density at radius 2 is 1.53 bits per heavy atom. The molecule has 0 aromatic rings. The van der Waals surface area contributed by atoms with Crippen LogP contribution in [0.2, 0.25) is 0 Å². The standard InChI is InChI=1S/C10H19N3O3S.2ClH/c14-10(13-3-1-11-2-4-13)9-12-5-7-17(15,16)8-6-12;;/h11H,1-9H2;2*1H. The van der Waals surface area contributed by atoms with E-state index >= 15 is 0 Å². The van der Waals surface area contributed by atoms with E-state index < -0.39 is 9.84 Å². The van der Waals surface area contributed by atoms with Crippen molar-refractivity contribution in [2.75, 3.05) is 57.3 Å². The van der Waals surface area contributed by atoms with Crippen LogP contribution in [-0.2, 0) is 14.6 Å². The minimum Gasteiger partial charge on any atom is -0.339 e. The molecule has 2 aliphatic rings. The van der Waals surface area contributed by atoms with Crippen LogP contribution in [0.3, 0.4) is 0 Å². The van der Waals surface area contributed by atoms with Crippen molar-refractivity contribution in [3.8, 4) is 0 Å². The van der Waals surface area contributed by atoms with E-state index in [-0.39, 0.29) is 42.2 Å². The van der Waals surface area contributed by atoms with Crippen molar-refractivity contribution in [2.45, 2.75) is 0 Å². The molecule has 0 atom stereocenters. The van der Waals surface area contributed by atoms with Gasteiger partial charge in [-0.2, -0.15) is 0 Å². The van der Waals surface area contributed by atoms with Crippen LogP contribution in [-0.4, -0.2) is 81.4 Å². The smallest absolute Gasteiger partial charge is 0.236 e. The van der Waals surface area contributed by atoms with Gasteiger partial charge in [0.15, 0.2) is 9.84 Å². The highest BCUT2D eigenvalue weighted by Crippen LogP contribution is 2.04. The highest BCUT2D eigenvalue weighted by atomic mass is 35.5. The first-order valence-electron chi connectivity index (χ1n) is 5.98. The van der Waals surface area contributed by atoms with Gasteiger partial charge in [-0.15, -0.1) is 24.8 Å². The molecule has 9 heteroatoms. The highest BCUT2D eigenvalue weighted by molar-refractivity contribution is 7.91. The molecule has 114 valence electrons. The van der Waals surface area contributed by atoms with Crippen LogP contribution in [0.5, 0.6) is 0 Å². The minimum absolute atomic E-state index is 0. The molecule has 0 bridgehead atoms. The van der Waals surface area contributed by atoms with Gasteiger partial charge in [-0.05, 0) is 0 Å². The number of carbonyl (C=O) groups is 1. The molecule has 1 N–H and O–H groups in total. The monoisotopic (exact) mass is 333 g/mol. The van der Waals surface area contributed by atoms with Crippen molar-refractivity contribution in [1.82, 2.24) is 15.1 Å². The van der Waals surface area contributed by atoms with Crippen LogP contribution in [0.15, 0.2) is 0 Å². The first-order valence-corrected chi connectivity index (χ1v) is 7.80. The molecule has 0 saturated carbocycles. The summed E-state index contributed by atoms with van der Waals surface area (Å²) in [5, 5.41) is 3.20. The number of piperazine rings is 1. The summed E-state index contributed by atoms with van der Waals surface area (Å²) in [5.74, 6) is 0.481. The Labute approximate surface area is 126 Å². The molecular weight excluding hydrogens is 313 g/mol. The van der Waals surface area contributed by atoms with Crippen molar-refractivity contribution in [1.29, 1.82) is 0 Å². The Kier molecular flexibility index (Phi) is 8.23. The van der Waals surface area contributed by atoms with E-state index in [2.05, 4.69) is 5.32 Å². The maximum Gasteiger partial charge on any atom is 0.236 e. The van der Waals surface area contributed by atoms with E-state index in [9.17, 15) is 13.2 Å². The third-order valence-corrected chi connectivity index (χ3v) is 4.87. The summed E-state index contributed by atoms with van der Waals surface area (Å²) < 4.78 is 22.5. The normalized spacial score (nSPS) is 23.1. The zero-order valence-electron chi connectivity index (χ0n) is 10.7. The predicted molar refractivity (Wildman–Crippen MR) is 79.0 cm³/mol. The molecule has 0 aliphatic carbocycles. The zero-order valence-corrected chi connectivity index (χ0v) is 13.2.